The predicted octanol–water partition coefficient (Wildman–Crippen LogP) is 3.63. The highest BCUT2D eigenvalue weighted by molar-refractivity contribution is 7.71. The first-order chi connectivity index (χ1) is 8.06. The molecule has 0 saturated carbocycles. The SMILES string of the molecule is Cc1cn(-c2ccc(OC(C)C)cc2)c(=S)[nH]1. The Hall–Kier alpha value is -1.55. The molecule has 3 nitrogen and oxygen atoms in total. The summed E-state index contributed by atoms with van der Waals surface area (Å²) in [7, 11) is 0. The topological polar surface area (TPSA) is 29.9 Å². The van der Waals surface area contributed by atoms with Crippen molar-refractivity contribution in [3.63, 3.8) is 0 Å². The van der Waals surface area contributed by atoms with Crippen LogP contribution in [0.5, 0.6) is 5.75 Å². The Balaban J connectivity index is 2.29. The molecule has 0 aliphatic carbocycles. The molecule has 0 bridgehead atoms. The zero-order chi connectivity index (χ0) is 12.4. The molecule has 0 aliphatic heterocycles. The van der Waals surface area contributed by atoms with Crippen LogP contribution in [0, 0.1) is 11.7 Å². The molecule has 0 saturated heterocycles. The van der Waals surface area contributed by atoms with Gasteiger partial charge in [0.1, 0.15) is 5.75 Å². The number of nitrogens with one attached hydrogen (secondary N) is 1. The summed E-state index contributed by atoms with van der Waals surface area (Å²) in [5.41, 5.74) is 2.09. The average Bonchev–Trinajstić information content (AvgIpc) is 2.58. The fourth-order valence-electron chi connectivity index (χ4n) is 1.66. The quantitative estimate of drug-likeness (QED) is 0.841. The molecule has 2 aromatic rings. The second kappa shape index (κ2) is 4.75. The van der Waals surface area contributed by atoms with Crippen molar-refractivity contribution in [3.8, 4) is 11.4 Å². The number of hydrogen-bond acceptors (Lipinski definition) is 2. The van der Waals surface area contributed by atoms with E-state index in [4.69, 9.17) is 17.0 Å². The average molecular weight is 248 g/mol. The van der Waals surface area contributed by atoms with Crippen LogP contribution in [0.25, 0.3) is 5.69 Å². The summed E-state index contributed by atoms with van der Waals surface area (Å²) in [4.78, 5) is 3.10. The Morgan fingerprint density at radius 3 is 2.35 bits per heavy atom. The number of imidazole rings is 1. The number of ether oxygens (including phenoxy) is 1. The molecule has 0 unspecified atom stereocenters. The maximum atomic E-state index is 5.60. The molecule has 0 radical (unpaired) electrons. The third kappa shape index (κ3) is 2.77. The largest absolute Gasteiger partial charge is 0.491 e. The van der Waals surface area contributed by atoms with Crippen LogP contribution in [-0.2, 0) is 0 Å². The number of aryl methyl sites for hydroxylation is 1. The van der Waals surface area contributed by atoms with Crippen LogP contribution in [0.2, 0.25) is 0 Å². The van der Waals surface area contributed by atoms with E-state index >= 15 is 0 Å². The van der Waals surface area contributed by atoms with E-state index in [0.29, 0.717) is 4.77 Å². The third-order valence-electron chi connectivity index (χ3n) is 2.33. The van der Waals surface area contributed by atoms with Crippen molar-refractivity contribution in [2.45, 2.75) is 26.9 Å². The van der Waals surface area contributed by atoms with E-state index in [1.54, 1.807) is 0 Å². The van der Waals surface area contributed by atoms with Gasteiger partial charge in [0.2, 0.25) is 0 Å². The summed E-state index contributed by atoms with van der Waals surface area (Å²) in [6.07, 6.45) is 2.18. The van der Waals surface area contributed by atoms with Crippen LogP contribution in [0.15, 0.2) is 30.5 Å². The molecule has 1 N–H and O–H groups in total. The molecule has 0 atom stereocenters. The summed E-state index contributed by atoms with van der Waals surface area (Å²) >= 11 is 5.23. The normalized spacial score (nSPS) is 10.8. The van der Waals surface area contributed by atoms with Crippen molar-refractivity contribution in [2.24, 2.45) is 0 Å². The smallest absolute Gasteiger partial charge is 0.181 e. The number of H-pyrrole nitrogens is 1. The van der Waals surface area contributed by atoms with E-state index in [1.165, 1.54) is 0 Å². The lowest BCUT2D eigenvalue weighted by Crippen LogP contribution is -2.05. The van der Waals surface area contributed by atoms with Crippen molar-refractivity contribution < 1.29 is 4.74 Å². The van der Waals surface area contributed by atoms with Crippen molar-refractivity contribution in [1.29, 1.82) is 0 Å². The Bertz CT molecular complexity index is 552. The lowest BCUT2D eigenvalue weighted by Gasteiger charge is -2.10. The standard InChI is InChI=1S/C13H16N2OS/c1-9(2)16-12-6-4-11(5-7-12)15-8-10(3)14-13(15)17/h4-9H,1-3H3,(H,14,17). The maximum Gasteiger partial charge on any atom is 0.181 e. The van der Waals surface area contributed by atoms with Crippen molar-refractivity contribution in [3.05, 3.63) is 40.9 Å². The van der Waals surface area contributed by atoms with Gasteiger partial charge in [-0.1, -0.05) is 0 Å². The van der Waals surface area contributed by atoms with Crippen LogP contribution < -0.4 is 4.74 Å². The fraction of sp³-hybridized carbons (Fsp3) is 0.308. The maximum absolute atomic E-state index is 5.60. The van der Waals surface area contributed by atoms with Crippen LogP contribution >= 0.6 is 12.2 Å². The summed E-state index contributed by atoms with van der Waals surface area (Å²) in [5.74, 6) is 0.877. The molecular formula is C13H16N2OS. The van der Waals surface area contributed by atoms with E-state index in [0.717, 1.165) is 17.1 Å². The van der Waals surface area contributed by atoms with Crippen molar-refractivity contribution in [2.75, 3.05) is 0 Å². The first-order valence-corrected chi connectivity index (χ1v) is 6.02. The van der Waals surface area contributed by atoms with E-state index in [1.807, 2.05) is 55.8 Å². The molecule has 0 fully saturated rings. The lowest BCUT2D eigenvalue weighted by atomic mass is 10.3. The second-order valence-electron chi connectivity index (χ2n) is 4.27. The van der Waals surface area contributed by atoms with Gasteiger partial charge in [-0.2, -0.15) is 0 Å². The monoisotopic (exact) mass is 248 g/mol. The van der Waals surface area contributed by atoms with Gasteiger partial charge in [0.05, 0.1) is 6.10 Å². The molecule has 0 amide bonds. The molecule has 1 aromatic heterocycles. The van der Waals surface area contributed by atoms with E-state index < -0.39 is 0 Å². The van der Waals surface area contributed by atoms with Gasteiger partial charge in [0.15, 0.2) is 4.77 Å². The van der Waals surface area contributed by atoms with Crippen LogP contribution in [-0.4, -0.2) is 15.7 Å². The Morgan fingerprint density at radius 1 is 1.24 bits per heavy atom. The van der Waals surface area contributed by atoms with Gasteiger partial charge < -0.3 is 9.72 Å². The fourth-order valence-corrected chi connectivity index (χ4v) is 1.98. The summed E-state index contributed by atoms with van der Waals surface area (Å²) in [6, 6.07) is 7.92. The highest BCUT2D eigenvalue weighted by atomic mass is 32.1. The lowest BCUT2D eigenvalue weighted by molar-refractivity contribution is 0.242. The summed E-state index contributed by atoms with van der Waals surface area (Å²) in [6.45, 7) is 6.02. The third-order valence-corrected chi connectivity index (χ3v) is 2.63. The molecule has 90 valence electrons. The van der Waals surface area contributed by atoms with E-state index in [-0.39, 0.29) is 6.10 Å². The Kier molecular flexibility index (Phi) is 3.33. The van der Waals surface area contributed by atoms with Gasteiger partial charge in [0.25, 0.3) is 0 Å². The Morgan fingerprint density at radius 2 is 1.88 bits per heavy atom. The number of aromatic nitrogens is 2. The first-order valence-electron chi connectivity index (χ1n) is 5.61. The van der Waals surface area contributed by atoms with E-state index in [9.17, 15) is 0 Å². The van der Waals surface area contributed by atoms with Gasteiger partial charge >= 0.3 is 0 Å². The zero-order valence-corrected chi connectivity index (χ0v) is 11.0. The molecule has 2 rings (SSSR count). The number of rotatable bonds is 3. The molecule has 4 heteroatoms. The van der Waals surface area contributed by atoms with Crippen molar-refractivity contribution in [1.82, 2.24) is 9.55 Å². The van der Waals surface area contributed by atoms with Gasteiger partial charge in [0, 0.05) is 17.6 Å². The van der Waals surface area contributed by atoms with E-state index in [2.05, 4.69) is 4.98 Å². The second-order valence-corrected chi connectivity index (χ2v) is 4.66. The number of aromatic amines is 1. The highest BCUT2D eigenvalue weighted by Crippen LogP contribution is 2.17. The molecule has 0 aliphatic rings. The molecule has 1 heterocycles. The molecular weight excluding hydrogens is 232 g/mol. The van der Waals surface area contributed by atoms with Gasteiger partial charge in [-0.15, -0.1) is 0 Å². The Labute approximate surface area is 106 Å². The van der Waals surface area contributed by atoms with Gasteiger partial charge in [-0.05, 0) is 57.3 Å². The number of hydrogen-bond donors (Lipinski definition) is 1. The first kappa shape index (κ1) is 11.9. The molecule has 1 aromatic carbocycles. The van der Waals surface area contributed by atoms with Crippen LogP contribution in [0.1, 0.15) is 19.5 Å². The molecule has 0 spiro atoms. The highest BCUT2D eigenvalue weighted by Gasteiger charge is 2.01. The molecule has 17 heavy (non-hydrogen) atoms. The minimum Gasteiger partial charge on any atom is -0.491 e. The summed E-state index contributed by atoms with van der Waals surface area (Å²) < 4.78 is 8.25. The van der Waals surface area contributed by atoms with Crippen LogP contribution in [0.3, 0.4) is 0 Å². The minimum absolute atomic E-state index is 0.192. The minimum atomic E-state index is 0.192. The zero-order valence-electron chi connectivity index (χ0n) is 10.2. The number of nitrogens with zero attached hydrogens (tertiary/aromatic N) is 1. The number of benzene rings is 1. The van der Waals surface area contributed by atoms with Crippen LogP contribution in [0.4, 0.5) is 0 Å². The van der Waals surface area contributed by atoms with Crippen molar-refractivity contribution >= 4 is 12.2 Å². The predicted molar refractivity (Wildman–Crippen MR) is 71.5 cm³/mol. The van der Waals surface area contributed by atoms with Gasteiger partial charge in [-0.25, -0.2) is 0 Å². The summed E-state index contributed by atoms with van der Waals surface area (Å²) in [5, 5.41) is 0. The van der Waals surface area contributed by atoms with Gasteiger partial charge in [-0.3, -0.25) is 4.57 Å².